The van der Waals surface area contributed by atoms with Crippen molar-refractivity contribution in [2.75, 3.05) is 0 Å². The number of rotatable bonds is 7. The van der Waals surface area contributed by atoms with E-state index in [2.05, 4.69) is 260 Å². The standard InChI is InChI=1S/C67H46N2/c1-44-39-53(46-19-7-3-8-20-46)42-63(68-67(44)48-21-9-4-10-22-48)52-24-15-23-49(40-52)50-33-38-61-62(41-50)57-26-12-11-25-56(57)60-29-16-28-55(66(60)61)51-34-37-59-58-27-13-14-30-64(58)69(65(59)43-51)54-35-31-47(32-36-54)45-17-5-2-6-18-45/h2-38,40-43H,39H2,1H3. The van der Waals surface area contributed by atoms with Gasteiger partial charge in [0.1, 0.15) is 0 Å². The van der Waals surface area contributed by atoms with Crippen molar-refractivity contribution in [2.45, 2.75) is 13.3 Å². The maximum Gasteiger partial charge on any atom is 0.0712 e. The van der Waals surface area contributed by atoms with Gasteiger partial charge in [0.05, 0.1) is 22.4 Å². The number of hydrogen-bond donors (Lipinski definition) is 0. The lowest BCUT2D eigenvalue weighted by Crippen LogP contribution is -1.99. The Morgan fingerprint density at radius 2 is 0.870 bits per heavy atom. The first-order chi connectivity index (χ1) is 34.1. The minimum Gasteiger partial charge on any atom is -0.309 e. The minimum absolute atomic E-state index is 0.828. The fraction of sp³-hybridized carbons (Fsp3) is 0.0299. The van der Waals surface area contributed by atoms with Crippen LogP contribution in [0, 0.1) is 0 Å². The Kier molecular flexibility index (Phi) is 9.84. The summed E-state index contributed by atoms with van der Waals surface area (Å²) in [5.74, 6) is 0. The largest absolute Gasteiger partial charge is 0.309 e. The molecule has 0 bridgehead atoms. The molecule has 2 heteroatoms. The quantitative estimate of drug-likeness (QED) is 0.142. The van der Waals surface area contributed by atoms with Crippen molar-refractivity contribution in [1.29, 1.82) is 0 Å². The number of para-hydroxylation sites is 1. The van der Waals surface area contributed by atoms with Gasteiger partial charge in [-0.1, -0.05) is 206 Å². The molecule has 324 valence electrons. The van der Waals surface area contributed by atoms with E-state index in [1.807, 2.05) is 0 Å². The molecule has 0 atom stereocenters. The highest BCUT2D eigenvalue weighted by molar-refractivity contribution is 6.29. The van der Waals surface area contributed by atoms with E-state index in [1.165, 1.54) is 98.7 Å². The highest BCUT2D eigenvalue weighted by atomic mass is 15.0. The smallest absolute Gasteiger partial charge is 0.0712 e. The van der Waals surface area contributed by atoms with Crippen LogP contribution in [0.5, 0.6) is 0 Å². The average Bonchev–Trinajstić information content (AvgIpc) is 3.64. The van der Waals surface area contributed by atoms with Crippen molar-refractivity contribution < 1.29 is 0 Å². The van der Waals surface area contributed by atoms with E-state index in [0.717, 1.165) is 40.2 Å². The molecule has 11 aromatic carbocycles. The second kappa shape index (κ2) is 16.8. The SMILES string of the molecule is CC1=C(c2ccccc2)N=C(c2cccc(-c3ccc4c(c3)c3ccccc3c3cccc(-c5ccc6c7ccccc7n(-c7ccc(-c8ccccc8)cc7)c6c5)c34)c2)C=C(c2ccccc2)C1. The van der Waals surface area contributed by atoms with Crippen LogP contribution in [0.2, 0.25) is 0 Å². The number of aliphatic imine (C=N–C) groups is 1. The molecular weight excluding hydrogens is 833 g/mol. The van der Waals surface area contributed by atoms with Gasteiger partial charge < -0.3 is 4.57 Å². The molecule has 0 spiro atoms. The van der Waals surface area contributed by atoms with Crippen molar-refractivity contribution >= 4 is 71.1 Å². The monoisotopic (exact) mass is 878 g/mol. The minimum atomic E-state index is 0.828. The normalized spacial score (nSPS) is 13.1. The summed E-state index contributed by atoms with van der Waals surface area (Å²) in [6, 6.07) is 88.6. The second-order valence-electron chi connectivity index (χ2n) is 18.3. The van der Waals surface area contributed by atoms with Gasteiger partial charge in [0, 0.05) is 27.6 Å². The van der Waals surface area contributed by atoms with Gasteiger partial charge in [-0.05, 0) is 138 Å². The van der Waals surface area contributed by atoms with Gasteiger partial charge in [0.15, 0.2) is 0 Å². The summed E-state index contributed by atoms with van der Waals surface area (Å²) in [4.78, 5) is 5.46. The summed E-state index contributed by atoms with van der Waals surface area (Å²) in [7, 11) is 0. The van der Waals surface area contributed by atoms with E-state index in [-0.39, 0.29) is 0 Å². The van der Waals surface area contributed by atoms with Crippen LogP contribution in [0.4, 0.5) is 0 Å². The maximum absolute atomic E-state index is 5.46. The van der Waals surface area contributed by atoms with Crippen LogP contribution in [-0.2, 0) is 0 Å². The molecule has 0 radical (unpaired) electrons. The Morgan fingerprint density at radius 1 is 0.348 bits per heavy atom. The Bertz CT molecular complexity index is 4060. The molecule has 13 rings (SSSR count). The van der Waals surface area contributed by atoms with Crippen LogP contribution >= 0.6 is 0 Å². The number of allylic oxidation sites excluding steroid dienone is 3. The van der Waals surface area contributed by atoms with E-state index in [9.17, 15) is 0 Å². The third-order valence-corrected chi connectivity index (χ3v) is 14.2. The number of benzene rings is 11. The lowest BCUT2D eigenvalue weighted by atomic mass is 9.88. The van der Waals surface area contributed by atoms with Gasteiger partial charge in [0.2, 0.25) is 0 Å². The van der Waals surface area contributed by atoms with Gasteiger partial charge in [-0.25, -0.2) is 4.99 Å². The fourth-order valence-electron chi connectivity index (χ4n) is 10.9. The molecule has 0 saturated carbocycles. The molecular formula is C67H46N2. The number of fused-ring (bicyclic) bond motifs is 9. The van der Waals surface area contributed by atoms with Crippen molar-refractivity contribution in [3.8, 4) is 39.1 Å². The number of nitrogens with zero attached hydrogens (tertiary/aromatic N) is 2. The Balaban J connectivity index is 0.959. The van der Waals surface area contributed by atoms with E-state index < -0.39 is 0 Å². The molecule has 1 aliphatic rings. The fourth-order valence-corrected chi connectivity index (χ4v) is 10.9. The predicted octanol–water partition coefficient (Wildman–Crippen LogP) is 18.0. The van der Waals surface area contributed by atoms with Crippen LogP contribution in [-0.4, -0.2) is 10.3 Å². The first kappa shape index (κ1) is 40.4. The first-order valence-corrected chi connectivity index (χ1v) is 23.9. The molecule has 12 aromatic rings. The van der Waals surface area contributed by atoms with Gasteiger partial charge >= 0.3 is 0 Å². The molecule has 0 N–H and O–H groups in total. The van der Waals surface area contributed by atoms with Gasteiger partial charge in [0.25, 0.3) is 0 Å². The summed E-state index contributed by atoms with van der Waals surface area (Å²) < 4.78 is 2.43. The zero-order chi connectivity index (χ0) is 45.8. The number of aromatic nitrogens is 1. The van der Waals surface area contributed by atoms with E-state index in [1.54, 1.807) is 0 Å². The molecule has 0 amide bonds. The average molecular weight is 879 g/mol. The molecule has 1 aliphatic heterocycles. The third-order valence-electron chi connectivity index (χ3n) is 14.2. The highest BCUT2D eigenvalue weighted by Gasteiger charge is 2.19. The molecule has 0 unspecified atom stereocenters. The summed E-state index contributed by atoms with van der Waals surface area (Å²) in [5.41, 5.74) is 18.7. The van der Waals surface area contributed by atoms with E-state index in [4.69, 9.17) is 4.99 Å². The van der Waals surface area contributed by atoms with Crippen LogP contribution < -0.4 is 0 Å². The van der Waals surface area contributed by atoms with Gasteiger partial charge in [-0.3, -0.25) is 0 Å². The molecule has 0 saturated heterocycles. The first-order valence-electron chi connectivity index (χ1n) is 23.9. The second-order valence-corrected chi connectivity index (χ2v) is 18.3. The van der Waals surface area contributed by atoms with Crippen molar-refractivity contribution in [3.05, 3.63) is 271 Å². The van der Waals surface area contributed by atoms with E-state index in [0.29, 0.717) is 0 Å². The summed E-state index contributed by atoms with van der Waals surface area (Å²) in [5, 5.41) is 10.0. The molecule has 1 aromatic heterocycles. The lowest BCUT2D eigenvalue weighted by Gasteiger charge is -2.16. The molecule has 0 aliphatic carbocycles. The predicted molar refractivity (Wildman–Crippen MR) is 294 cm³/mol. The lowest BCUT2D eigenvalue weighted by molar-refractivity contribution is 1.18. The Hall–Kier alpha value is -8.85. The van der Waals surface area contributed by atoms with Gasteiger partial charge in [-0.2, -0.15) is 0 Å². The van der Waals surface area contributed by atoms with Crippen molar-refractivity contribution in [2.24, 2.45) is 4.99 Å². The zero-order valence-electron chi connectivity index (χ0n) is 38.3. The maximum atomic E-state index is 5.46. The van der Waals surface area contributed by atoms with Crippen LogP contribution in [0.15, 0.2) is 259 Å². The van der Waals surface area contributed by atoms with Gasteiger partial charge in [-0.15, -0.1) is 0 Å². The summed E-state index contributed by atoms with van der Waals surface area (Å²) >= 11 is 0. The van der Waals surface area contributed by atoms with E-state index >= 15 is 0 Å². The molecule has 2 nitrogen and oxygen atoms in total. The Labute approximate surface area is 402 Å². The van der Waals surface area contributed by atoms with Crippen LogP contribution in [0.25, 0.3) is 104 Å². The van der Waals surface area contributed by atoms with Crippen molar-refractivity contribution in [1.82, 2.24) is 4.57 Å². The van der Waals surface area contributed by atoms with Crippen LogP contribution in [0.3, 0.4) is 0 Å². The topological polar surface area (TPSA) is 17.3 Å². The molecule has 0 fully saturated rings. The molecule has 2 heterocycles. The highest BCUT2D eigenvalue weighted by Crippen LogP contribution is 2.44. The van der Waals surface area contributed by atoms with Crippen LogP contribution in [0.1, 0.15) is 30.0 Å². The Morgan fingerprint density at radius 3 is 1.64 bits per heavy atom. The summed E-state index contributed by atoms with van der Waals surface area (Å²) in [6.07, 6.45) is 3.13. The van der Waals surface area contributed by atoms with Crippen molar-refractivity contribution in [3.63, 3.8) is 0 Å². The third kappa shape index (κ3) is 7.08. The zero-order valence-corrected chi connectivity index (χ0v) is 38.3. The summed E-state index contributed by atoms with van der Waals surface area (Å²) in [6.45, 7) is 2.22. The molecule has 69 heavy (non-hydrogen) atoms. The number of hydrogen-bond acceptors (Lipinski definition) is 1.